The Labute approximate surface area is 106 Å². The van der Waals surface area contributed by atoms with Gasteiger partial charge in [0.15, 0.2) is 0 Å². The van der Waals surface area contributed by atoms with E-state index in [1.54, 1.807) is 11.3 Å². The first kappa shape index (κ1) is 10.1. The smallest absolute Gasteiger partial charge is 0.0960 e. The minimum atomic E-state index is 0.239. The molecule has 0 aliphatic carbocycles. The van der Waals surface area contributed by atoms with Crippen LogP contribution in [0, 0.1) is 0 Å². The van der Waals surface area contributed by atoms with Crippen LogP contribution in [0.15, 0.2) is 28.1 Å². The number of thiophene rings is 1. The number of hydrogen-bond donors (Lipinski definition) is 0. The van der Waals surface area contributed by atoms with Crippen molar-refractivity contribution in [2.24, 2.45) is 0 Å². The van der Waals surface area contributed by atoms with E-state index < -0.39 is 0 Å². The summed E-state index contributed by atoms with van der Waals surface area (Å²) in [6.07, 6.45) is 0. The molecule has 0 N–H and O–H groups in total. The zero-order valence-electron chi connectivity index (χ0n) is 6.43. The van der Waals surface area contributed by atoms with Gasteiger partial charge in [0.25, 0.3) is 0 Å². The first-order valence-electron chi connectivity index (χ1n) is 3.63. The molecule has 1 aromatic carbocycles. The average Bonchev–Trinajstić information content (AvgIpc) is 2.46. The van der Waals surface area contributed by atoms with E-state index in [0.717, 1.165) is 4.47 Å². The quantitative estimate of drug-likeness (QED) is 0.573. The Bertz CT molecular complexity index is 433. The number of alkyl halides is 2. The summed E-state index contributed by atoms with van der Waals surface area (Å²) >= 11 is 12.3. The summed E-state index contributed by atoms with van der Waals surface area (Å²) in [4.78, 5) is 0. The van der Waals surface area contributed by atoms with Crippen molar-refractivity contribution in [3.05, 3.63) is 33.6 Å². The van der Waals surface area contributed by atoms with Crippen molar-refractivity contribution >= 4 is 69.2 Å². The molecule has 0 unspecified atom stereocenters. The van der Waals surface area contributed by atoms with E-state index >= 15 is 0 Å². The van der Waals surface area contributed by atoms with Crippen molar-refractivity contribution in [3.8, 4) is 0 Å². The molecule has 13 heavy (non-hydrogen) atoms. The lowest BCUT2D eigenvalue weighted by Gasteiger charge is -1.99. The van der Waals surface area contributed by atoms with E-state index in [0.29, 0.717) is 0 Å². The van der Waals surface area contributed by atoms with E-state index in [1.165, 1.54) is 15.6 Å². The molecule has 4 heteroatoms. The zero-order valence-corrected chi connectivity index (χ0v) is 12.0. The highest BCUT2D eigenvalue weighted by Crippen LogP contribution is 2.38. The van der Waals surface area contributed by atoms with Crippen molar-refractivity contribution in [2.75, 3.05) is 0 Å². The van der Waals surface area contributed by atoms with Crippen molar-refractivity contribution < 1.29 is 0 Å². The van der Waals surface area contributed by atoms with Crippen LogP contribution in [0.2, 0.25) is 0 Å². The Morgan fingerprint density at radius 3 is 2.69 bits per heavy atom. The fraction of sp³-hybridized carbons (Fsp3) is 0.111. The maximum absolute atomic E-state index is 3.52. The second-order valence-corrected chi connectivity index (χ2v) is 7.52. The van der Waals surface area contributed by atoms with Crippen molar-refractivity contribution in [3.63, 3.8) is 0 Å². The highest BCUT2D eigenvalue weighted by Gasteiger charge is 2.09. The number of benzene rings is 1. The lowest BCUT2D eigenvalue weighted by atomic mass is 10.2. The molecular weight excluding hydrogens is 380 g/mol. The van der Waals surface area contributed by atoms with Crippen LogP contribution < -0.4 is 0 Å². The molecule has 0 saturated carbocycles. The Kier molecular flexibility index (Phi) is 3.13. The molecular formula is C9H5Br3S. The molecule has 0 spiro atoms. The van der Waals surface area contributed by atoms with E-state index in [2.05, 4.69) is 71.4 Å². The lowest BCUT2D eigenvalue weighted by Crippen LogP contribution is -1.75. The van der Waals surface area contributed by atoms with Crippen molar-refractivity contribution in [1.82, 2.24) is 0 Å². The molecule has 0 radical (unpaired) electrons. The third-order valence-electron chi connectivity index (χ3n) is 1.80. The molecule has 0 nitrogen and oxygen atoms in total. The zero-order chi connectivity index (χ0) is 9.42. The van der Waals surface area contributed by atoms with E-state index in [1.807, 2.05) is 0 Å². The summed E-state index contributed by atoms with van der Waals surface area (Å²) in [5, 5.41) is 3.48. The van der Waals surface area contributed by atoms with Gasteiger partial charge in [-0.2, -0.15) is 0 Å². The highest BCUT2D eigenvalue weighted by atomic mass is 79.9. The third kappa shape index (κ3) is 2.01. The van der Waals surface area contributed by atoms with Crippen LogP contribution in [0.5, 0.6) is 0 Å². The molecule has 0 fully saturated rings. The minimum Gasteiger partial charge on any atom is -0.143 e. The van der Waals surface area contributed by atoms with Crippen molar-refractivity contribution in [2.45, 2.75) is 3.74 Å². The second-order valence-electron chi connectivity index (χ2n) is 2.63. The molecule has 2 rings (SSSR count). The molecule has 0 atom stereocenters. The van der Waals surface area contributed by atoms with Gasteiger partial charge in [-0.15, -0.1) is 11.3 Å². The number of fused-ring (bicyclic) bond motifs is 1. The van der Waals surface area contributed by atoms with Gasteiger partial charge in [0.05, 0.1) is 3.74 Å². The fourth-order valence-electron chi connectivity index (χ4n) is 1.19. The van der Waals surface area contributed by atoms with Crippen LogP contribution in [-0.2, 0) is 0 Å². The Hall–Kier alpha value is 0.620. The Balaban J connectivity index is 2.71. The first-order valence-corrected chi connectivity index (χ1v) is 7.13. The van der Waals surface area contributed by atoms with Gasteiger partial charge < -0.3 is 0 Å². The van der Waals surface area contributed by atoms with Gasteiger partial charge in [-0.25, -0.2) is 0 Å². The van der Waals surface area contributed by atoms with Crippen LogP contribution in [0.4, 0.5) is 0 Å². The van der Waals surface area contributed by atoms with Gasteiger partial charge in [-0.3, -0.25) is 0 Å². The molecule has 1 aromatic heterocycles. The monoisotopic (exact) mass is 382 g/mol. The standard InChI is InChI=1S/C9H5Br3S/c10-5-1-2-8-6(3-5)7(4-13-8)9(11)12/h1-4,9H. The SMILES string of the molecule is Brc1ccc2scc(C(Br)Br)c2c1. The third-order valence-corrected chi connectivity index (χ3v) is 4.26. The van der Waals surface area contributed by atoms with Crippen LogP contribution in [0.3, 0.4) is 0 Å². The van der Waals surface area contributed by atoms with Gasteiger partial charge in [0, 0.05) is 9.17 Å². The topological polar surface area (TPSA) is 0 Å². The lowest BCUT2D eigenvalue weighted by molar-refractivity contribution is 1.52. The Morgan fingerprint density at radius 2 is 2.00 bits per heavy atom. The summed E-state index contributed by atoms with van der Waals surface area (Å²) in [7, 11) is 0. The Morgan fingerprint density at radius 1 is 1.23 bits per heavy atom. The summed E-state index contributed by atoms with van der Waals surface area (Å²) in [5.41, 5.74) is 1.29. The van der Waals surface area contributed by atoms with Crippen LogP contribution in [0.1, 0.15) is 9.30 Å². The van der Waals surface area contributed by atoms with E-state index in [9.17, 15) is 0 Å². The molecule has 1 heterocycles. The largest absolute Gasteiger partial charge is 0.143 e. The second kappa shape index (κ2) is 4.01. The van der Waals surface area contributed by atoms with Gasteiger partial charge in [0.1, 0.15) is 0 Å². The molecule has 0 aliphatic heterocycles. The maximum Gasteiger partial charge on any atom is 0.0960 e. The molecule has 0 bridgehead atoms. The average molecular weight is 385 g/mol. The highest BCUT2D eigenvalue weighted by molar-refractivity contribution is 9.24. The summed E-state index contributed by atoms with van der Waals surface area (Å²) in [6.45, 7) is 0. The van der Waals surface area contributed by atoms with Crippen LogP contribution >= 0.6 is 59.1 Å². The molecule has 0 aliphatic rings. The number of rotatable bonds is 1. The van der Waals surface area contributed by atoms with E-state index in [-0.39, 0.29) is 3.74 Å². The summed E-state index contributed by atoms with van der Waals surface area (Å²) in [5.74, 6) is 0. The normalized spacial score (nSPS) is 11.4. The van der Waals surface area contributed by atoms with Gasteiger partial charge in [-0.05, 0) is 34.5 Å². The molecule has 0 amide bonds. The number of hydrogen-bond acceptors (Lipinski definition) is 1. The van der Waals surface area contributed by atoms with Crippen LogP contribution in [-0.4, -0.2) is 0 Å². The molecule has 0 saturated heterocycles. The van der Waals surface area contributed by atoms with Crippen LogP contribution in [0.25, 0.3) is 10.1 Å². The maximum atomic E-state index is 3.52. The summed E-state index contributed by atoms with van der Waals surface area (Å²) in [6, 6.07) is 6.35. The summed E-state index contributed by atoms with van der Waals surface area (Å²) < 4.78 is 2.69. The van der Waals surface area contributed by atoms with E-state index in [4.69, 9.17) is 0 Å². The number of halogens is 3. The predicted molar refractivity (Wildman–Crippen MR) is 70.1 cm³/mol. The first-order chi connectivity index (χ1) is 6.18. The molecule has 2 aromatic rings. The fourth-order valence-corrected chi connectivity index (χ4v) is 3.63. The van der Waals surface area contributed by atoms with Gasteiger partial charge in [0.2, 0.25) is 0 Å². The predicted octanol–water partition coefficient (Wildman–Crippen LogP) is 5.45. The minimum absolute atomic E-state index is 0.239. The molecule has 68 valence electrons. The van der Waals surface area contributed by atoms with Gasteiger partial charge in [-0.1, -0.05) is 47.8 Å². The van der Waals surface area contributed by atoms with Crippen molar-refractivity contribution in [1.29, 1.82) is 0 Å². The van der Waals surface area contributed by atoms with Gasteiger partial charge >= 0.3 is 0 Å².